The second kappa shape index (κ2) is 5.83. The van der Waals surface area contributed by atoms with Crippen LogP contribution in [0, 0.1) is 0 Å². The van der Waals surface area contributed by atoms with Gasteiger partial charge in [-0.25, -0.2) is 9.78 Å². The number of hydrogen-bond acceptors (Lipinski definition) is 4. The second-order valence-corrected chi connectivity index (χ2v) is 5.70. The lowest BCUT2D eigenvalue weighted by Gasteiger charge is -2.10. The second-order valence-electron chi connectivity index (χ2n) is 5.70. The molecule has 1 aromatic carbocycles. The monoisotopic (exact) mass is 314 g/mol. The third kappa shape index (κ3) is 3.08. The molecule has 1 aliphatic heterocycles. The lowest BCUT2D eigenvalue weighted by molar-refractivity contribution is 0.174. The Bertz CT molecular complexity index is 724. The molecule has 0 radical (unpaired) electrons. The first-order valence-corrected chi connectivity index (χ1v) is 7.75. The Morgan fingerprint density at radius 3 is 3.04 bits per heavy atom. The van der Waals surface area contributed by atoms with E-state index in [1.54, 1.807) is 18.2 Å². The van der Waals surface area contributed by atoms with E-state index in [0.717, 1.165) is 12.4 Å². The molecule has 0 atom stereocenters. The van der Waals surface area contributed by atoms with Gasteiger partial charge >= 0.3 is 6.03 Å². The number of hydrogen-bond donors (Lipinski definition) is 2. The Kier molecular flexibility index (Phi) is 3.53. The minimum atomic E-state index is -0.239. The van der Waals surface area contributed by atoms with Crippen LogP contribution in [-0.2, 0) is 6.54 Å². The lowest BCUT2D eigenvalue weighted by Crippen LogP contribution is -2.31. The zero-order valence-electron chi connectivity index (χ0n) is 12.6. The number of nitrogens with one attached hydrogen (secondary N) is 2. The Labute approximate surface area is 133 Å². The van der Waals surface area contributed by atoms with Gasteiger partial charge in [-0.1, -0.05) is 0 Å². The van der Waals surface area contributed by atoms with E-state index >= 15 is 0 Å². The van der Waals surface area contributed by atoms with Crippen molar-refractivity contribution in [1.29, 1.82) is 0 Å². The summed E-state index contributed by atoms with van der Waals surface area (Å²) in [7, 11) is 0. The van der Waals surface area contributed by atoms with Crippen LogP contribution >= 0.6 is 0 Å². The lowest BCUT2D eigenvalue weighted by atomic mass is 10.3. The van der Waals surface area contributed by atoms with Gasteiger partial charge in [0.2, 0.25) is 6.79 Å². The molecule has 4 rings (SSSR count). The van der Waals surface area contributed by atoms with Gasteiger partial charge in [-0.15, -0.1) is 0 Å². The summed E-state index contributed by atoms with van der Waals surface area (Å²) in [5, 5.41) is 5.64. The molecule has 1 aliphatic carbocycles. The molecule has 0 spiro atoms. The van der Waals surface area contributed by atoms with Crippen molar-refractivity contribution in [3.05, 3.63) is 36.4 Å². The van der Waals surface area contributed by atoms with Crippen LogP contribution in [0.1, 0.15) is 24.6 Å². The fourth-order valence-corrected chi connectivity index (χ4v) is 2.65. The third-order valence-electron chi connectivity index (χ3n) is 3.96. The summed E-state index contributed by atoms with van der Waals surface area (Å²) in [4.78, 5) is 16.3. The predicted molar refractivity (Wildman–Crippen MR) is 83.8 cm³/mol. The van der Waals surface area contributed by atoms with Crippen LogP contribution in [0.4, 0.5) is 10.5 Å². The first-order chi connectivity index (χ1) is 11.3. The van der Waals surface area contributed by atoms with E-state index in [-0.39, 0.29) is 12.8 Å². The van der Waals surface area contributed by atoms with Crippen LogP contribution in [0.25, 0.3) is 0 Å². The maximum Gasteiger partial charge on any atom is 0.319 e. The number of aromatic nitrogens is 2. The third-order valence-corrected chi connectivity index (χ3v) is 3.96. The molecule has 0 bridgehead atoms. The minimum Gasteiger partial charge on any atom is -0.454 e. The van der Waals surface area contributed by atoms with Crippen molar-refractivity contribution in [3.8, 4) is 11.5 Å². The molecule has 120 valence electrons. The van der Waals surface area contributed by atoms with Crippen molar-refractivity contribution in [2.24, 2.45) is 0 Å². The minimum absolute atomic E-state index is 0.221. The Hall–Kier alpha value is -2.70. The average molecular weight is 314 g/mol. The molecule has 2 aromatic rings. The van der Waals surface area contributed by atoms with Crippen molar-refractivity contribution >= 4 is 11.7 Å². The fraction of sp³-hybridized carbons (Fsp3) is 0.375. The molecule has 2 N–H and O–H groups in total. The van der Waals surface area contributed by atoms with Crippen LogP contribution in [0.5, 0.6) is 11.5 Å². The molecular weight excluding hydrogens is 296 g/mol. The summed E-state index contributed by atoms with van der Waals surface area (Å²) in [5.41, 5.74) is 0.674. The smallest absolute Gasteiger partial charge is 0.319 e. The molecule has 0 unspecified atom stereocenters. The van der Waals surface area contributed by atoms with Gasteiger partial charge in [-0.2, -0.15) is 0 Å². The van der Waals surface area contributed by atoms with Gasteiger partial charge in [-0.05, 0) is 25.0 Å². The first-order valence-electron chi connectivity index (χ1n) is 7.75. The van der Waals surface area contributed by atoms with Crippen LogP contribution in [0.3, 0.4) is 0 Å². The van der Waals surface area contributed by atoms with Crippen molar-refractivity contribution in [2.45, 2.75) is 25.3 Å². The highest BCUT2D eigenvalue weighted by Gasteiger charge is 2.27. The zero-order valence-corrected chi connectivity index (χ0v) is 12.6. The molecule has 7 nitrogen and oxygen atoms in total. The summed E-state index contributed by atoms with van der Waals surface area (Å²) in [6.45, 7) is 1.49. The number of amides is 2. The summed E-state index contributed by atoms with van der Waals surface area (Å²) in [6.07, 6.45) is 6.22. The summed E-state index contributed by atoms with van der Waals surface area (Å²) in [5.74, 6) is 3.08. The molecule has 2 aliphatic rings. The van der Waals surface area contributed by atoms with E-state index in [1.165, 1.54) is 12.8 Å². The summed E-state index contributed by atoms with van der Waals surface area (Å²) < 4.78 is 12.6. The highest BCUT2D eigenvalue weighted by Crippen LogP contribution is 2.38. The number of urea groups is 1. The number of rotatable bonds is 5. The SMILES string of the molecule is O=C(NCCn1ccnc1C1CC1)Nc1ccc2c(c1)OCO2. The maximum atomic E-state index is 12.0. The number of benzene rings is 1. The standard InChI is InChI=1S/C16H18N4O3/c21-16(19-12-3-4-13-14(9-12)23-10-22-13)18-6-8-20-7-5-17-15(20)11-1-2-11/h3-5,7,9,11H,1-2,6,8,10H2,(H2,18,19,21). The van der Waals surface area contributed by atoms with Crippen molar-refractivity contribution in [1.82, 2.24) is 14.9 Å². The van der Waals surface area contributed by atoms with Gasteiger partial charge in [0, 0.05) is 43.2 Å². The summed E-state index contributed by atoms with van der Waals surface area (Å²) >= 11 is 0. The molecule has 0 saturated heterocycles. The highest BCUT2D eigenvalue weighted by atomic mass is 16.7. The number of anilines is 1. The van der Waals surface area contributed by atoms with Gasteiger partial charge in [0.15, 0.2) is 11.5 Å². The number of nitrogens with zero attached hydrogens (tertiary/aromatic N) is 2. The molecule has 23 heavy (non-hydrogen) atoms. The van der Waals surface area contributed by atoms with E-state index in [4.69, 9.17) is 9.47 Å². The molecular formula is C16H18N4O3. The topological polar surface area (TPSA) is 77.4 Å². The number of carbonyl (C=O) groups excluding carboxylic acids is 1. The van der Waals surface area contributed by atoms with E-state index in [9.17, 15) is 4.79 Å². The normalized spacial score (nSPS) is 15.5. The number of imidazole rings is 1. The van der Waals surface area contributed by atoms with E-state index in [0.29, 0.717) is 29.6 Å². The van der Waals surface area contributed by atoms with Gasteiger partial charge in [0.05, 0.1) is 0 Å². The fourth-order valence-electron chi connectivity index (χ4n) is 2.65. The number of fused-ring (bicyclic) bond motifs is 1. The highest BCUT2D eigenvalue weighted by molar-refractivity contribution is 5.89. The predicted octanol–water partition coefficient (Wildman–Crippen LogP) is 2.31. The molecule has 2 amide bonds. The maximum absolute atomic E-state index is 12.0. The van der Waals surface area contributed by atoms with Crippen LogP contribution in [-0.4, -0.2) is 28.9 Å². The number of carbonyl (C=O) groups is 1. The molecule has 1 saturated carbocycles. The average Bonchev–Trinajstić information content (AvgIpc) is 3.09. The van der Waals surface area contributed by atoms with Gasteiger partial charge < -0.3 is 24.7 Å². The molecule has 7 heteroatoms. The largest absolute Gasteiger partial charge is 0.454 e. The van der Waals surface area contributed by atoms with Gasteiger partial charge in [0.25, 0.3) is 0 Å². The van der Waals surface area contributed by atoms with Crippen molar-refractivity contribution in [3.63, 3.8) is 0 Å². The Morgan fingerprint density at radius 1 is 1.30 bits per heavy atom. The van der Waals surface area contributed by atoms with Crippen LogP contribution < -0.4 is 20.1 Å². The first kappa shape index (κ1) is 13.9. The van der Waals surface area contributed by atoms with Crippen LogP contribution in [0.2, 0.25) is 0 Å². The molecule has 1 fully saturated rings. The van der Waals surface area contributed by atoms with Crippen molar-refractivity contribution in [2.75, 3.05) is 18.7 Å². The quantitative estimate of drug-likeness (QED) is 0.888. The van der Waals surface area contributed by atoms with Crippen molar-refractivity contribution < 1.29 is 14.3 Å². The molecule has 2 heterocycles. The number of ether oxygens (including phenoxy) is 2. The van der Waals surface area contributed by atoms with Gasteiger partial charge in [-0.3, -0.25) is 0 Å². The van der Waals surface area contributed by atoms with Gasteiger partial charge in [0.1, 0.15) is 5.82 Å². The summed E-state index contributed by atoms with van der Waals surface area (Å²) in [6, 6.07) is 5.08. The Morgan fingerprint density at radius 2 is 2.17 bits per heavy atom. The molecule has 1 aromatic heterocycles. The van der Waals surface area contributed by atoms with E-state index in [1.807, 2.05) is 12.4 Å². The van der Waals surface area contributed by atoms with Crippen LogP contribution in [0.15, 0.2) is 30.6 Å². The van der Waals surface area contributed by atoms with E-state index < -0.39 is 0 Å². The van der Waals surface area contributed by atoms with E-state index in [2.05, 4.69) is 20.2 Å². The zero-order chi connectivity index (χ0) is 15.6. The Balaban J connectivity index is 1.28.